The zero-order valence-electron chi connectivity index (χ0n) is 12.4. The molecule has 2 atom stereocenters. The molecule has 108 valence electrons. The Kier molecular flexibility index (Phi) is 7.20. The van der Waals surface area contributed by atoms with Gasteiger partial charge < -0.3 is 10.8 Å². The fraction of sp³-hybridized carbons (Fsp3) is 1.00. The second kappa shape index (κ2) is 8.13. The fourth-order valence-corrected chi connectivity index (χ4v) is 3.02. The molecule has 3 heteroatoms. The van der Waals surface area contributed by atoms with Gasteiger partial charge in [-0.1, -0.05) is 33.6 Å². The maximum Gasteiger partial charge on any atom is 0.0602 e. The highest BCUT2D eigenvalue weighted by Crippen LogP contribution is 2.26. The van der Waals surface area contributed by atoms with E-state index in [0.29, 0.717) is 12.0 Å². The Balaban J connectivity index is 2.66. The van der Waals surface area contributed by atoms with Crippen molar-refractivity contribution in [3.8, 4) is 0 Å². The highest BCUT2D eigenvalue weighted by Gasteiger charge is 2.30. The van der Waals surface area contributed by atoms with E-state index in [2.05, 4.69) is 25.7 Å². The summed E-state index contributed by atoms with van der Waals surface area (Å²) in [7, 11) is 0. The number of hydrogen-bond acceptors (Lipinski definition) is 3. The van der Waals surface area contributed by atoms with Gasteiger partial charge in [0.2, 0.25) is 0 Å². The van der Waals surface area contributed by atoms with Gasteiger partial charge in [0, 0.05) is 18.1 Å². The minimum Gasteiger partial charge on any atom is -0.395 e. The van der Waals surface area contributed by atoms with Gasteiger partial charge in [-0.25, -0.2) is 0 Å². The largest absolute Gasteiger partial charge is 0.395 e. The number of hydrogen-bond donors (Lipinski definition) is 2. The standard InChI is InChI=1S/C15H32N2O/c1-4-14(16)15(11-18)17(10-9-12(2)3)13-7-5-6-8-13/h12-15,18H,4-11,16H2,1-3H3. The lowest BCUT2D eigenvalue weighted by Crippen LogP contribution is -2.53. The Hall–Kier alpha value is -0.120. The molecule has 0 heterocycles. The normalized spacial score (nSPS) is 20.8. The van der Waals surface area contributed by atoms with Crippen LogP contribution in [-0.4, -0.2) is 41.3 Å². The molecule has 1 saturated carbocycles. The number of nitrogens with zero attached hydrogens (tertiary/aromatic N) is 1. The number of rotatable bonds is 8. The van der Waals surface area contributed by atoms with E-state index >= 15 is 0 Å². The van der Waals surface area contributed by atoms with Crippen LogP contribution in [0.2, 0.25) is 0 Å². The quantitative estimate of drug-likeness (QED) is 0.701. The lowest BCUT2D eigenvalue weighted by Gasteiger charge is -2.38. The highest BCUT2D eigenvalue weighted by atomic mass is 16.3. The van der Waals surface area contributed by atoms with Crippen LogP contribution in [0.1, 0.15) is 59.3 Å². The predicted octanol–water partition coefficient (Wildman–Crippen LogP) is 2.38. The Morgan fingerprint density at radius 3 is 2.33 bits per heavy atom. The Morgan fingerprint density at radius 1 is 1.28 bits per heavy atom. The van der Waals surface area contributed by atoms with E-state index in [0.717, 1.165) is 13.0 Å². The SMILES string of the molecule is CCC(N)C(CO)N(CCC(C)C)C1CCCC1. The fourth-order valence-electron chi connectivity index (χ4n) is 3.02. The Labute approximate surface area is 113 Å². The van der Waals surface area contributed by atoms with Crippen molar-refractivity contribution in [3.63, 3.8) is 0 Å². The summed E-state index contributed by atoms with van der Waals surface area (Å²) in [5, 5.41) is 9.70. The highest BCUT2D eigenvalue weighted by molar-refractivity contribution is 4.87. The Bertz CT molecular complexity index is 215. The van der Waals surface area contributed by atoms with Crippen molar-refractivity contribution in [1.29, 1.82) is 0 Å². The molecule has 0 aromatic carbocycles. The third kappa shape index (κ3) is 4.52. The molecule has 18 heavy (non-hydrogen) atoms. The van der Waals surface area contributed by atoms with Crippen LogP contribution in [0, 0.1) is 5.92 Å². The average molecular weight is 256 g/mol. The predicted molar refractivity (Wildman–Crippen MR) is 77.6 cm³/mol. The first kappa shape index (κ1) is 15.9. The minimum atomic E-state index is 0.0998. The van der Waals surface area contributed by atoms with Gasteiger partial charge in [-0.05, 0) is 38.1 Å². The first-order valence-corrected chi connectivity index (χ1v) is 7.72. The van der Waals surface area contributed by atoms with Crippen LogP contribution in [0.25, 0.3) is 0 Å². The van der Waals surface area contributed by atoms with Gasteiger partial charge in [-0.15, -0.1) is 0 Å². The number of aliphatic hydroxyl groups is 1. The molecule has 0 aromatic rings. The molecule has 0 spiro atoms. The van der Waals surface area contributed by atoms with Crippen LogP contribution < -0.4 is 5.73 Å². The van der Waals surface area contributed by atoms with E-state index in [1.165, 1.54) is 32.1 Å². The van der Waals surface area contributed by atoms with Crippen molar-refractivity contribution < 1.29 is 5.11 Å². The Morgan fingerprint density at radius 2 is 1.89 bits per heavy atom. The molecule has 3 nitrogen and oxygen atoms in total. The lowest BCUT2D eigenvalue weighted by atomic mass is 10.0. The molecule has 1 aliphatic carbocycles. The van der Waals surface area contributed by atoms with Gasteiger partial charge in [-0.3, -0.25) is 4.90 Å². The lowest BCUT2D eigenvalue weighted by molar-refractivity contribution is 0.0630. The summed E-state index contributed by atoms with van der Waals surface area (Å²) in [6.07, 6.45) is 7.38. The van der Waals surface area contributed by atoms with E-state index in [-0.39, 0.29) is 18.7 Å². The van der Waals surface area contributed by atoms with Crippen LogP contribution in [0.3, 0.4) is 0 Å². The van der Waals surface area contributed by atoms with E-state index in [1.807, 2.05) is 0 Å². The van der Waals surface area contributed by atoms with Gasteiger partial charge in [0.05, 0.1) is 6.61 Å². The third-order valence-corrected chi connectivity index (χ3v) is 4.34. The van der Waals surface area contributed by atoms with Crippen molar-refractivity contribution in [2.45, 2.75) is 77.4 Å². The molecule has 2 unspecified atom stereocenters. The average Bonchev–Trinajstić information content (AvgIpc) is 2.86. The van der Waals surface area contributed by atoms with E-state index < -0.39 is 0 Å². The first-order valence-electron chi connectivity index (χ1n) is 7.72. The van der Waals surface area contributed by atoms with Crippen molar-refractivity contribution >= 4 is 0 Å². The van der Waals surface area contributed by atoms with Crippen LogP contribution in [0.15, 0.2) is 0 Å². The summed E-state index contributed by atoms with van der Waals surface area (Å²) in [5.74, 6) is 0.714. The summed E-state index contributed by atoms with van der Waals surface area (Å²) in [5.41, 5.74) is 6.20. The molecule has 3 N–H and O–H groups in total. The number of aliphatic hydroxyl groups excluding tert-OH is 1. The molecule has 0 amide bonds. The molecule has 0 aliphatic heterocycles. The van der Waals surface area contributed by atoms with Crippen LogP contribution in [-0.2, 0) is 0 Å². The summed E-state index contributed by atoms with van der Waals surface area (Å²) >= 11 is 0. The molecular formula is C15H32N2O. The number of nitrogens with two attached hydrogens (primary N) is 1. The van der Waals surface area contributed by atoms with E-state index in [4.69, 9.17) is 5.73 Å². The van der Waals surface area contributed by atoms with Gasteiger partial charge in [0.15, 0.2) is 0 Å². The molecule has 1 fully saturated rings. The van der Waals surface area contributed by atoms with Crippen LogP contribution in [0.4, 0.5) is 0 Å². The van der Waals surface area contributed by atoms with Crippen LogP contribution in [0.5, 0.6) is 0 Å². The maximum absolute atomic E-state index is 9.70. The molecular weight excluding hydrogens is 224 g/mol. The first-order chi connectivity index (χ1) is 8.60. The zero-order chi connectivity index (χ0) is 13.5. The smallest absolute Gasteiger partial charge is 0.0602 e. The van der Waals surface area contributed by atoms with Crippen molar-refractivity contribution in [1.82, 2.24) is 4.90 Å². The second-order valence-corrected chi connectivity index (χ2v) is 6.18. The molecule has 1 rings (SSSR count). The molecule has 1 aliphatic rings. The zero-order valence-corrected chi connectivity index (χ0v) is 12.4. The summed E-state index contributed by atoms with van der Waals surface area (Å²) in [6.45, 7) is 7.93. The van der Waals surface area contributed by atoms with Crippen LogP contribution >= 0.6 is 0 Å². The minimum absolute atomic E-state index is 0.0998. The van der Waals surface area contributed by atoms with E-state index in [1.54, 1.807) is 0 Å². The van der Waals surface area contributed by atoms with Gasteiger partial charge in [0.25, 0.3) is 0 Å². The maximum atomic E-state index is 9.70. The second-order valence-electron chi connectivity index (χ2n) is 6.18. The van der Waals surface area contributed by atoms with Gasteiger partial charge in [-0.2, -0.15) is 0 Å². The van der Waals surface area contributed by atoms with E-state index in [9.17, 15) is 5.11 Å². The summed E-state index contributed by atoms with van der Waals surface area (Å²) in [4.78, 5) is 2.52. The molecule has 0 saturated heterocycles. The molecule has 0 bridgehead atoms. The van der Waals surface area contributed by atoms with Crippen molar-refractivity contribution in [2.75, 3.05) is 13.2 Å². The topological polar surface area (TPSA) is 49.5 Å². The van der Waals surface area contributed by atoms with Crippen molar-refractivity contribution in [2.24, 2.45) is 11.7 Å². The van der Waals surface area contributed by atoms with Crippen molar-refractivity contribution in [3.05, 3.63) is 0 Å². The third-order valence-electron chi connectivity index (χ3n) is 4.34. The summed E-state index contributed by atoms with van der Waals surface area (Å²) < 4.78 is 0. The van der Waals surface area contributed by atoms with Gasteiger partial charge in [0.1, 0.15) is 0 Å². The molecule has 0 aromatic heterocycles. The summed E-state index contributed by atoms with van der Waals surface area (Å²) in [6, 6.07) is 0.901. The van der Waals surface area contributed by atoms with Gasteiger partial charge >= 0.3 is 0 Å². The monoisotopic (exact) mass is 256 g/mol. The molecule has 0 radical (unpaired) electrons.